The highest BCUT2D eigenvalue weighted by Gasteiger charge is 2.24. The topological polar surface area (TPSA) is 50.7 Å². The van der Waals surface area contributed by atoms with Crippen molar-refractivity contribution in [2.45, 2.75) is 26.4 Å². The fourth-order valence-corrected chi connectivity index (χ4v) is 4.64. The number of carbonyl (C=O) groups is 1. The van der Waals surface area contributed by atoms with E-state index in [1.165, 1.54) is 20.9 Å². The van der Waals surface area contributed by atoms with E-state index in [0.29, 0.717) is 23.1 Å². The van der Waals surface area contributed by atoms with Gasteiger partial charge in [0.2, 0.25) is 0 Å². The lowest BCUT2D eigenvalue weighted by Gasteiger charge is -2.12. The van der Waals surface area contributed by atoms with E-state index in [2.05, 4.69) is 82.8 Å². The number of nitrogens with zero attached hydrogens (tertiary/aromatic N) is 1. The second-order valence-corrected chi connectivity index (χ2v) is 10.1. The highest BCUT2D eigenvalue weighted by molar-refractivity contribution is 14.1. The summed E-state index contributed by atoms with van der Waals surface area (Å²) in [5.41, 5.74) is 5.16. The summed E-state index contributed by atoms with van der Waals surface area (Å²) < 4.78 is 7.28. The standard InChI is InChI=1S/C28H25IN2O2S/c1-3-5-22-16-21(10-15-25(22)33-18-20-6-11-23(29)12-7-20)17-26-27(32)31-28(34-26)30-24-13-8-19(4-2)9-14-24/h3,6-17H,1,4-5,18H2,2H3,(H,30,31,32)/b26-17-. The van der Waals surface area contributed by atoms with E-state index < -0.39 is 0 Å². The number of benzene rings is 3. The highest BCUT2D eigenvalue weighted by atomic mass is 127. The first-order valence-electron chi connectivity index (χ1n) is 11.0. The van der Waals surface area contributed by atoms with E-state index in [9.17, 15) is 4.79 Å². The molecule has 0 aromatic heterocycles. The third-order valence-corrected chi connectivity index (χ3v) is 6.91. The van der Waals surface area contributed by atoms with E-state index in [0.717, 1.165) is 34.5 Å². The third kappa shape index (κ3) is 6.39. The van der Waals surface area contributed by atoms with Gasteiger partial charge in [0.1, 0.15) is 12.4 Å². The SMILES string of the molecule is C=CCc1cc(/C=C2\SC(=Nc3ccc(CC)cc3)NC2=O)ccc1OCc1ccc(I)cc1. The summed E-state index contributed by atoms with van der Waals surface area (Å²) in [6.07, 6.45) is 5.41. The molecule has 1 heterocycles. The molecule has 0 unspecified atom stereocenters. The zero-order valence-corrected chi connectivity index (χ0v) is 21.9. The van der Waals surface area contributed by atoms with Crippen LogP contribution in [-0.4, -0.2) is 11.1 Å². The number of hydrogen-bond acceptors (Lipinski definition) is 4. The molecule has 1 saturated heterocycles. The van der Waals surface area contributed by atoms with Gasteiger partial charge in [0.05, 0.1) is 10.6 Å². The van der Waals surface area contributed by atoms with Gasteiger partial charge in [0, 0.05) is 3.57 Å². The maximum Gasteiger partial charge on any atom is 0.264 e. The molecule has 6 heteroatoms. The third-order valence-electron chi connectivity index (χ3n) is 5.28. The van der Waals surface area contributed by atoms with E-state index >= 15 is 0 Å². The van der Waals surface area contributed by atoms with Crippen LogP contribution in [0.4, 0.5) is 5.69 Å². The van der Waals surface area contributed by atoms with E-state index in [4.69, 9.17) is 4.74 Å². The largest absolute Gasteiger partial charge is 0.489 e. The number of allylic oxidation sites excluding steroid dienone is 1. The number of hydrogen-bond donors (Lipinski definition) is 1. The van der Waals surface area contributed by atoms with Crippen molar-refractivity contribution in [2.24, 2.45) is 4.99 Å². The number of amidine groups is 1. The van der Waals surface area contributed by atoms with Crippen molar-refractivity contribution in [1.29, 1.82) is 0 Å². The molecule has 1 N–H and O–H groups in total. The quantitative estimate of drug-likeness (QED) is 0.177. The van der Waals surface area contributed by atoms with Gasteiger partial charge >= 0.3 is 0 Å². The molecular formula is C28H25IN2O2S. The first-order valence-corrected chi connectivity index (χ1v) is 12.9. The van der Waals surface area contributed by atoms with Gasteiger partial charge in [-0.2, -0.15) is 0 Å². The Hall–Kier alpha value is -2.84. The molecule has 4 rings (SSSR count). The number of nitrogens with one attached hydrogen (secondary N) is 1. The number of halogens is 1. The maximum absolute atomic E-state index is 12.5. The fourth-order valence-electron chi connectivity index (χ4n) is 3.44. The van der Waals surface area contributed by atoms with Crippen molar-refractivity contribution in [3.8, 4) is 5.75 Å². The normalized spacial score (nSPS) is 15.5. The van der Waals surface area contributed by atoms with Gasteiger partial charge in [-0.25, -0.2) is 4.99 Å². The van der Waals surface area contributed by atoms with Gasteiger partial charge in [-0.05, 0) is 112 Å². The number of aliphatic imine (C=N–C) groups is 1. The molecule has 0 atom stereocenters. The summed E-state index contributed by atoms with van der Waals surface area (Å²) >= 11 is 3.64. The average Bonchev–Trinajstić information content (AvgIpc) is 3.18. The van der Waals surface area contributed by atoms with Crippen LogP contribution in [-0.2, 0) is 24.2 Å². The Labute approximate surface area is 218 Å². The first-order chi connectivity index (χ1) is 16.5. The molecule has 1 fully saturated rings. The van der Waals surface area contributed by atoms with Crippen molar-refractivity contribution >= 4 is 57.2 Å². The fraction of sp³-hybridized carbons (Fsp3) is 0.143. The molecule has 0 radical (unpaired) electrons. The number of carbonyl (C=O) groups excluding carboxylic acids is 1. The molecule has 1 aliphatic heterocycles. The summed E-state index contributed by atoms with van der Waals surface area (Å²) in [5.74, 6) is 0.681. The predicted molar refractivity (Wildman–Crippen MR) is 150 cm³/mol. The van der Waals surface area contributed by atoms with Crippen LogP contribution in [0.5, 0.6) is 5.75 Å². The van der Waals surface area contributed by atoms with Crippen LogP contribution in [0.1, 0.15) is 29.2 Å². The smallest absolute Gasteiger partial charge is 0.264 e. The van der Waals surface area contributed by atoms with Crippen LogP contribution in [0.3, 0.4) is 0 Å². The summed E-state index contributed by atoms with van der Waals surface area (Å²) in [4.78, 5) is 17.7. The minimum Gasteiger partial charge on any atom is -0.489 e. The number of rotatable bonds is 8. The molecule has 172 valence electrons. The van der Waals surface area contributed by atoms with Crippen molar-refractivity contribution in [2.75, 3.05) is 0 Å². The monoisotopic (exact) mass is 580 g/mol. The Morgan fingerprint density at radius 2 is 1.79 bits per heavy atom. The lowest BCUT2D eigenvalue weighted by atomic mass is 10.1. The Bertz CT molecular complexity index is 1250. The summed E-state index contributed by atoms with van der Waals surface area (Å²) in [6.45, 7) is 6.49. The summed E-state index contributed by atoms with van der Waals surface area (Å²) in [7, 11) is 0. The van der Waals surface area contributed by atoms with Crippen molar-refractivity contribution in [1.82, 2.24) is 5.32 Å². The molecule has 0 saturated carbocycles. The van der Waals surface area contributed by atoms with Gasteiger partial charge in [-0.3, -0.25) is 4.79 Å². The zero-order chi connectivity index (χ0) is 23.9. The number of thioether (sulfide) groups is 1. The molecule has 3 aromatic carbocycles. The van der Waals surface area contributed by atoms with Crippen LogP contribution in [0.25, 0.3) is 6.08 Å². The lowest BCUT2D eigenvalue weighted by molar-refractivity contribution is -0.115. The van der Waals surface area contributed by atoms with Crippen molar-refractivity contribution < 1.29 is 9.53 Å². The van der Waals surface area contributed by atoms with Gasteiger partial charge in [0.25, 0.3) is 5.91 Å². The molecule has 1 amide bonds. The van der Waals surface area contributed by atoms with Crippen LogP contribution in [0.15, 0.2) is 89.3 Å². The molecule has 1 aliphatic rings. The van der Waals surface area contributed by atoms with Gasteiger partial charge < -0.3 is 10.1 Å². The Balaban J connectivity index is 1.49. The Morgan fingerprint density at radius 3 is 2.50 bits per heavy atom. The van der Waals surface area contributed by atoms with Crippen LogP contribution in [0, 0.1) is 3.57 Å². The van der Waals surface area contributed by atoms with Crippen molar-refractivity contribution in [3.05, 3.63) is 110 Å². The molecule has 0 aliphatic carbocycles. The second kappa shape index (κ2) is 11.5. The van der Waals surface area contributed by atoms with Gasteiger partial charge in [-0.15, -0.1) is 6.58 Å². The Morgan fingerprint density at radius 1 is 1.06 bits per heavy atom. The van der Waals surface area contributed by atoms with Crippen LogP contribution < -0.4 is 10.1 Å². The number of aryl methyl sites for hydroxylation is 1. The zero-order valence-electron chi connectivity index (χ0n) is 18.9. The molecule has 0 spiro atoms. The molecule has 4 nitrogen and oxygen atoms in total. The minimum absolute atomic E-state index is 0.141. The van der Waals surface area contributed by atoms with Crippen LogP contribution in [0.2, 0.25) is 0 Å². The second-order valence-electron chi connectivity index (χ2n) is 7.78. The average molecular weight is 580 g/mol. The van der Waals surface area contributed by atoms with Crippen LogP contribution >= 0.6 is 34.4 Å². The Kier molecular flexibility index (Phi) is 8.24. The van der Waals surface area contributed by atoms with Gasteiger partial charge in [-0.1, -0.05) is 43.3 Å². The molecular weight excluding hydrogens is 555 g/mol. The van der Waals surface area contributed by atoms with Crippen molar-refractivity contribution in [3.63, 3.8) is 0 Å². The molecule has 0 bridgehead atoms. The lowest BCUT2D eigenvalue weighted by Crippen LogP contribution is -2.19. The minimum atomic E-state index is -0.141. The predicted octanol–water partition coefficient (Wildman–Crippen LogP) is 7.05. The number of amides is 1. The van der Waals surface area contributed by atoms with E-state index in [1.54, 1.807) is 0 Å². The summed E-state index contributed by atoms with van der Waals surface area (Å²) in [5, 5.41) is 3.45. The van der Waals surface area contributed by atoms with E-state index in [1.807, 2.05) is 42.5 Å². The summed E-state index contributed by atoms with van der Waals surface area (Å²) in [6, 6.07) is 22.3. The van der Waals surface area contributed by atoms with Gasteiger partial charge in [0.15, 0.2) is 5.17 Å². The first kappa shape index (κ1) is 24.3. The maximum atomic E-state index is 12.5. The molecule has 34 heavy (non-hydrogen) atoms. The van der Waals surface area contributed by atoms with E-state index in [-0.39, 0.29) is 5.91 Å². The highest BCUT2D eigenvalue weighted by Crippen LogP contribution is 2.30. The molecule has 3 aromatic rings. The number of ether oxygens (including phenoxy) is 1.